The first-order valence-corrected chi connectivity index (χ1v) is 6.80. The Labute approximate surface area is 128 Å². The number of nitrogens with one attached hydrogen (secondary N) is 1. The van der Waals surface area contributed by atoms with Gasteiger partial charge < -0.3 is 5.32 Å². The summed E-state index contributed by atoms with van der Waals surface area (Å²) in [6, 6.07) is 10.1. The van der Waals surface area contributed by atoms with Gasteiger partial charge in [0.1, 0.15) is 6.07 Å². The normalized spacial score (nSPS) is 10.2. The molecule has 22 heavy (non-hydrogen) atoms. The molecule has 2 heterocycles. The fourth-order valence-corrected chi connectivity index (χ4v) is 2.24. The molecule has 0 radical (unpaired) electrons. The van der Waals surface area contributed by atoms with E-state index in [9.17, 15) is 0 Å². The summed E-state index contributed by atoms with van der Waals surface area (Å²) >= 11 is 0. The zero-order valence-corrected chi connectivity index (χ0v) is 12.1. The van der Waals surface area contributed by atoms with Crippen LogP contribution < -0.4 is 5.32 Å². The number of benzene rings is 1. The van der Waals surface area contributed by atoms with E-state index in [-0.39, 0.29) is 0 Å². The molecular formula is C16H14N6. The highest BCUT2D eigenvalue weighted by atomic mass is 15.2. The number of anilines is 1. The Balaban J connectivity index is 1.86. The second-order valence-corrected chi connectivity index (χ2v) is 4.78. The molecule has 0 spiro atoms. The van der Waals surface area contributed by atoms with Gasteiger partial charge >= 0.3 is 0 Å². The van der Waals surface area contributed by atoms with Crippen LogP contribution in [0.4, 0.5) is 5.82 Å². The van der Waals surface area contributed by atoms with E-state index in [1.54, 1.807) is 10.9 Å². The van der Waals surface area contributed by atoms with Crippen LogP contribution in [0.1, 0.15) is 11.3 Å². The van der Waals surface area contributed by atoms with Gasteiger partial charge in [0.2, 0.25) is 0 Å². The Bertz CT molecular complexity index is 830. The SMILES string of the molecule is Cn1cc(-c2ccccc2CNc2nccnc2C#N)cn1. The number of hydrogen-bond donors (Lipinski definition) is 1. The van der Waals surface area contributed by atoms with E-state index in [2.05, 4.69) is 26.4 Å². The summed E-state index contributed by atoms with van der Waals surface area (Å²) in [4.78, 5) is 8.15. The standard InChI is InChI=1S/C16H14N6/c1-22-11-13(10-21-22)14-5-3-2-4-12(14)9-20-16-15(8-17)18-6-7-19-16/h2-7,10-11H,9H2,1H3,(H,19,20). The molecule has 0 aliphatic rings. The van der Waals surface area contributed by atoms with Crippen molar-refractivity contribution in [1.29, 1.82) is 5.26 Å². The maximum absolute atomic E-state index is 9.05. The molecule has 0 unspecified atom stereocenters. The lowest BCUT2D eigenvalue weighted by molar-refractivity contribution is 0.768. The van der Waals surface area contributed by atoms with Crippen molar-refractivity contribution in [3.8, 4) is 17.2 Å². The molecule has 1 N–H and O–H groups in total. The number of hydrogen-bond acceptors (Lipinski definition) is 5. The number of rotatable bonds is 4. The van der Waals surface area contributed by atoms with Gasteiger partial charge in [-0.3, -0.25) is 4.68 Å². The summed E-state index contributed by atoms with van der Waals surface area (Å²) in [5, 5.41) is 16.4. The van der Waals surface area contributed by atoms with Crippen LogP contribution in [-0.4, -0.2) is 19.7 Å². The van der Waals surface area contributed by atoms with Crippen molar-refractivity contribution >= 4 is 5.82 Å². The van der Waals surface area contributed by atoms with Crippen molar-refractivity contribution in [1.82, 2.24) is 19.7 Å². The minimum Gasteiger partial charge on any atom is -0.364 e. The smallest absolute Gasteiger partial charge is 0.182 e. The van der Waals surface area contributed by atoms with E-state index in [0.717, 1.165) is 16.7 Å². The Morgan fingerprint density at radius 2 is 2.05 bits per heavy atom. The molecule has 0 bridgehead atoms. The highest BCUT2D eigenvalue weighted by Crippen LogP contribution is 2.23. The Kier molecular flexibility index (Phi) is 3.79. The second-order valence-electron chi connectivity index (χ2n) is 4.78. The molecule has 6 nitrogen and oxygen atoms in total. The number of nitrogens with zero attached hydrogens (tertiary/aromatic N) is 5. The highest BCUT2D eigenvalue weighted by molar-refractivity contribution is 5.66. The zero-order chi connectivity index (χ0) is 15.4. The van der Waals surface area contributed by atoms with Gasteiger partial charge in [0.05, 0.1) is 6.20 Å². The Morgan fingerprint density at radius 1 is 1.23 bits per heavy atom. The average molecular weight is 290 g/mol. The van der Waals surface area contributed by atoms with Crippen molar-refractivity contribution in [3.63, 3.8) is 0 Å². The topological polar surface area (TPSA) is 79.4 Å². The monoisotopic (exact) mass is 290 g/mol. The fourth-order valence-electron chi connectivity index (χ4n) is 2.24. The van der Waals surface area contributed by atoms with Crippen molar-refractivity contribution in [2.24, 2.45) is 7.05 Å². The lowest BCUT2D eigenvalue weighted by atomic mass is 10.0. The van der Waals surface area contributed by atoms with Gasteiger partial charge in [0.15, 0.2) is 11.5 Å². The predicted octanol–water partition coefficient (Wildman–Crippen LogP) is 2.36. The summed E-state index contributed by atoms with van der Waals surface area (Å²) in [6.45, 7) is 0.554. The van der Waals surface area contributed by atoms with Gasteiger partial charge in [-0.15, -0.1) is 0 Å². The average Bonchev–Trinajstić information content (AvgIpc) is 3.00. The van der Waals surface area contributed by atoms with Crippen LogP contribution >= 0.6 is 0 Å². The zero-order valence-electron chi connectivity index (χ0n) is 12.1. The molecule has 0 atom stereocenters. The van der Waals surface area contributed by atoms with Gasteiger partial charge in [-0.2, -0.15) is 10.4 Å². The number of aromatic nitrogens is 4. The maximum atomic E-state index is 9.05. The molecule has 6 heteroatoms. The van der Waals surface area contributed by atoms with E-state index in [0.29, 0.717) is 18.1 Å². The van der Waals surface area contributed by atoms with Gasteiger partial charge in [-0.1, -0.05) is 24.3 Å². The van der Waals surface area contributed by atoms with E-state index < -0.39 is 0 Å². The number of nitriles is 1. The quantitative estimate of drug-likeness (QED) is 0.798. The highest BCUT2D eigenvalue weighted by Gasteiger charge is 2.08. The molecule has 3 aromatic rings. The maximum Gasteiger partial charge on any atom is 0.182 e. The second kappa shape index (κ2) is 6.06. The van der Waals surface area contributed by atoms with Gasteiger partial charge in [0, 0.05) is 37.7 Å². The van der Waals surface area contributed by atoms with E-state index >= 15 is 0 Å². The molecule has 108 valence electrons. The van der Waals surface area contributed by atoms with Crippen LogP contribution in [0.3, 0.4) is 0 Å². The van der Waals surface area contributed by atoms with Gasteiger partial charge in [-0.25, -0.2) is 9.97 Å². The number of aryl methyl sites for hydroxylation is 1. The van der Waals surface area contributed by atoms with Crippen LogP contribution in [0.25, 0.3) is 11.1 Å². The van der Waals surface area contributed by atoms with Gasteiger partial charge in [-0.05, 0) is 11.1 Å². The minimum absolute atomic E-state index is 0.293. The molecule has 2 aromatic heterocycles. The summed E-state index contributed by atoms with van der Waals surface area (Å²) in [5.41, 5.74) is 3.55. The molecule has 0 aliphatic heterocycles. The molecule has 0 aliphatic carbocycles. The molecular weight excluding hydrogens is 276 g/mol. The summed E-state index contributed by atoms with van der Waals surface area (Å²) in [5.74, 6) is 0.492. The lowest BCUT2D eigenvalue weighted by Gasteiger charge is -2.10. The van der Waals surface area contributed by atoms with Crippen molar-refractivity contribution < 1.29 is 0 Å². The van der Waals surface area contributed by atoms with Crippen LogP contribution in [0.15, 0.2) is 49.1 Å². The minimum atomic E-state index is 0.293. The third kappa shape index (κ3) is 2.79. The lowest BCUT2D eigenvalue weighted by Crippen LogP contribution is -2.05. The summed E-state index contributed by atoms with van der Waals surface area (Å²) in [6.07, 6.45) is 6.88. The fraction of sp³-hybridized carbons (Fsp3) is 0.125. The summed E-state index contributed by atoms with van der Waals surface area (Å²) in [7, 11) is 1.89. The first-order chi connectivity index (χ1) is 10.8. The first-order valence-electron chi connectivity index (χ1n) is 6.80. The van der Waals surface area contributed by atoms with Crippen LogP contribution in [-0.2, 0) is 13.6 Å². The Hall–Kier alpha value is -3.20. The molecule has 1 aromatic carbocycles. The van der Waals surface area contributed by atoms with E-state index in [1.165, 1.54) is 6.20 Å². The van der Waals surface area contributed by atoms with E-state index in [1.807, 2.05) is 43.7 Å². The predicted molar refractivity (Wildman–Crippen MR) is 82.7 cm³/mol. The molecule has 0 saturated carbocycles. The molecule has 0 saturated heterocycles. The van der Waals surface area contributed by atoms with Crippen LogP contribution in [0, 0.1) is 11.3 Å². The third-order valence-electron chi connectivity index (χ3n) is 3.28. The molecule has 0 fully saturated rings. The first kappa shape index (κ1) is 13.8. The van der Waals surface area contributed by atoms with Crippen molar-refractivity contribution in [3.05, 3.63) is 60.3 Å². The van der Waals surface area contributed by atoms with Gasteiger partial charge in [0.25, 0.3) is 0 Å². The van der Waals surface area contributed by atoms with E-state index in [4.69, 9.17) is 5.26 Å². The molecule has 0 amide bonds. The van der Waals surface area contributed by atoms with Crippen molar-refractivity contribution in [2.45, 2.75) is 6.54 Å². The Morgan fingerprint density at radius 3 is 2.82 bits per heavy atom. The third-order valence-corrected chi connectivity index (χ3v) is 3.28. The van der Waals surface area contributed by atoms with Crippen LogP contribution in [0.2, 0.25) is 0 Å². The summed E-state index contributed by atoms with van der Waals surface area (Å²) < 4.78 is 1.77. The van der Waals surface area contributed by atoms with Crippen LogP contribution in [0.5, 0.6) is 0 Å². The molecule has 3 rings (SSSR count). The largest absolute Gasteiger partial charge is 0.364 e. The van der Waals surface area contributed by atoms with Crippen molar-refractivity contribution in [2.75, 3.05) is 5.32 Å².